The van der Waals surface area contributed by atoms with Crippen molar-refractivity contribution in [1.29, 1.82) is 0 Å². The minimum absolute atomic E-state index is 0. The minimum Gasteiger partial charge on any atom is -0.372 e. The first-order valence-electron chi connectivity index (χ1n) is 1.87. The molecule has 0 fully saturated rings. The van der Waals surface area contributed by atoms with Crippen LogP contribution in [0, 0.1) is 0 Å². The smallest absolute Gasteiger partial charge is 0.296 e. The maximum Gasteiger partial charge on any atom is 0.296 e. The summed E-state index contributed by atoms with van der Waals surface area (Å²) in [4.78, 5) is 0. The molecule has 0 saturated carbocycles. The van der Waals surface area contributed by atoms with Gasteiger partial charge >= 0.3 is 0 Å². The largest absolute Gasteiger partial charge is 0.372 e. The summed E-state index contributed by atoms with van der Waals surface area (Å²) in [6.07, 6.45) is 0. The van der Waals surface area contributed by atoms with Gasteiger partial charge in [0.15, 0.2) is 0 Å². The number of alkyl halides is 3. The summed E-state index contributed by atoms with van der Waals surface area (Å²) in [6, 6.07) is 0. The van der Waals surface area contributed by atoms with Gasteiger partial charge in [0.2, 0.25) is 9.23 Å². The second-order valence-corrected chi connectivity index (χ2v) is 5.25. The average molecular weight is 252 g/mol. The quantitative estimate of drug-likeness (QED) is 0.397. The van der Waals surface area contributed by atoms with E-state index in [0.717, 1.165) is 0 Å². The normalized spacial score (nSPS) is 15.4. The second-order valence-electron chi connectivity index (χ2n) is 1.41. The molecule has 0 aromatic heterocycles. The Morgan fingerprint density at radius 1 is 1.27 bits per heavy atom. The Bertz CT molecular complexity index is 208. The van der Waals surface area contributed by atoms with Crippen molar-refractivity contribution in [3.05, 3.63) is 0 Å². The third-order valence-electron chi connectivity index (χ3n) is 0.562. The number of hydrogen-bond acceptors (Lipinski definition) is 3. The molecule has 0 aromatic carbocycles. The average Bonchev–Trinajstić information content (AvgIpc) is 1.59. The maximum absolute atomic E-state index is 10.0. The predicted octanol–water partition coefficient (Wildman–Crippen LogP) is 0.182. The molecule has 1 unspecified atom stereocenters. The van der Waals surface area contributed by atoms with Crippen molar-refractivity contribution in [2.75, 3.05) is 0 Å². The van der Waals surface area contributed by atoms with Gasteiger partial charge in [-0.15, -0.1) is 0 Å². The molecule has 1 radical (unpaired) electrons. The molecule has 4 nitrogen and oxygen atoms in total. The van der Waals surface area contributed by atoms with E-state index in [-0.39, 0.29) is 29.6 Å². The zero-order chi connectivity index (χ0) is 8.58. The van der Waals surface area contributed by atoms with Gasteiger partial charge in [0.1, 0.15) is 0 Å². The van der Waals surface area contributed by atoms with Crippen LogP contribution >= 0.6 is 34.8 Å². The van der Waals surface area contributed by atoms with Crippen molar-refractivity contribution in [1.82, 2.24) is 0 Å². The Morgan fingerprint density at radius 2 is 1.55 bits per heavy atom. The molecular formula is C2H3Cl3NaO4S. The molecule has 2 N–H and O–H groups in total. The molecule has 9 heteroatoms. The molecule has 0 spiro atoms. The van der Waals surface area contributed by atoms with E-state index >= 15 is 0 Å². The van der Waals surface area contributed by atoms with Crippen molar-refractivity contribution >= 4 is 74.5 Å². The van der Waals surface area contributed by atoms with E-state index in [1.807, 2.05) is 0 Å². The Hall–Kier alpha value is 1.74. The first kappa shape index (κ1) is 15.2. The maximum atomic E-state index is 10.0. The topological polar surface area (TPSA) is 74.6 Å². The molecule has 0 bridgehead atoms. The van der Waals surface area contributed by atoms with E-state index in [4.69, 9.17) is 44.5 Å². The summed E-state index contributed by atoms with van der Waals surface area (Å²) >= 11 is 14.7. The number of aliphatic hydroxyl groups is 1. The molecule has 0 aromatic rings. The number of halogens is 3. The van der Waals surface area contributed by atoms with Crippen molar-refractivity contribution in [3.63, 3.8) is 0 Å². The summed E-state index contributed by atoms with van der Waals surface area (Å²) in [5.74, 6) is 0. The molecule has 0 amide bonds. The SMILES string of the molecule is O=S(=O)(O)C(O)C(Cl)(Cl)Cl.[Na]. The number of rotatable bonds is 1. The van der Waals surface area contributed by atoms with Crippen LogP contribution in [0.2, 0.25) is 0 Å². The van der Waals surface area contributed by atoms with Crippen LogP contribution in [0.5, 0.6) is 0 Å². The van der Waals surface area contributed by atoms with Gasteiger partial charge in [-0.2, -0.15) is 8.42 Å². The van der Waals surface area contributed by atoms with Crippen LogP contribution in [0.1, 0.15) is 0 Å². The van der Waals surface area contributed by atoms with Crippen LogP contribution in [-0.4, -0.2) is 56.9 Å². The van der Waals surface area contributed by atoms with Crippen molar-refractivity contribution in [2.45, 2.75) is 9.23 Å². The van der Waals surface area contributed by atoms with Crippen LogP contribution in [0.3, 0.4) is 0 Å². The van der Waals surface area contributed by atoms with Crippen LogP contribution in [0.25, 0.3) is 0 Å². The summed E-state index contributed by atoms with van der Waals surface area (Å²) in [7, 11) is -4.70. The zero-order valence-electron chi connectivity index (χ0n) is 5.33. The first-order chi connectivity index (χ1) is 4.15. The first-order valence-corrected chi connectivity index (χ1v) is 4.50. The fourth-order valence-corrected chi connectivity index (χ4v) is 1.52. The number of aliphatic hydroxyl groups excluding tert-OH is 1. The summed E-state index contributed by atoms with van der Waals surface area (Å²) in [5.41, 5.74) is -2.41. The third kappa shape index (κ3) is 5.90. The fourth-order valence-electron chi connectivity index (χ4n) is 0.169. The predicted molar refractivity (Wildman–Crippen MR) is 43.6 cm³/mol. The van der Waals surface area contributed by atoms with Crippen molar-refractivity contribution in [3.8, 4) is 0 Å². The van der Waals surface area contributed by atoms with E-state index in [2.05, 4.69) is 0 Å². The van der Waals surface area contributed by atoms with Gasteiger partial charge in [-0.3, -0.25) is 4.55 Å². The molecule has 0 aliphatic rings. The van der Waals surface area contributed by atoms with E-state index in [0.29, 0.717) is 0 Å². The molecule has 0 aliphatic carbocycles. The summed E-state index contributed by atoms with van der Waals surface area (Å²) in [6.45, 7) is 0. The summed E-state index contributed by atoms with van der Waals surface area (Å²) < 4.78 is 25.7. The van der Waals surface area contributed by atoms with Crippen LogP contribution in [-0.2, 0) is 10.1 Å². The Labute approximate surface area is 101 Å². The monoisotopic (exact) mass is 251 g/mol. The Kier molecular flexibility index (Phi) is 6.69. The molecule has 0 saturated heterocycles. The fraction of sp³-hybridized carbons (Fsp3) is 1.00. The second kappa shape index (κ2) is 4.83. The van der Waals surface area contributed by atoms with E-state index in [9.17, 15) is 8.42 Å². The van der Waals surface area contributed by atoms with Gasteiger partial charge in [-0.05, 0) is 0 Å². The third-order valence-corrected chi connectivity index (χ3v) is 2.49. The molecule has 0 rings (SSSR count). The Balaban J connectivity index is 0. The molecule has 11 heavy (non-hydrogen) atoms. The van der Waals surface area contributed by atoms with Gasteiger partial charge in [-0.25, -0.2) is 0 Å². The van der Waals surface area contributed by atoms with Gasteiger partial charge < -0.3 is 5.11 Å². The van der Waals surface area contributed by atoms with Crippen LogP contribution < -0.4 is 0 Å². The zero-order valence-corrected chi connectivity index (χ0v) is 10.4. The van der Waals surface area contributed by atoms with E-state index in [1.54, 1.807) is 0 Å². The molecule has 1 atom stereocenters. The van der Waals surface area contributed by atoms with Crippen LogP contribution in [0.4, 0.5) is 0 Å². The minimum atomic E-state index is -4.70. The number of hydrogen-bond donors (Lipinski definition) is 2. The van der Waals surface area contributed by atoms with Gasteiger partial charge in [0.25, 0.3) is 10.1 Å². The van der Waals surface area contributed by atoms with E-state index in [1.165, 1.54) is 0 Å². The molecule has 0 heterocycles. The van der Waals surface area contributed by atoms with E-state index < -0.39 is 19.3 Å². The molecule has 63 valence electrons. The van der Waals surface area contributed by atoms with Crippen molar-refractivity contribution < 1.29 is 18.1 Å². The van der Waals surface area contributed by atoms with Gasteiger partial charge in [0.05, 0.1) is 0 Å². The van der Waals surface area contributed by atoms with Crippen LogP contribution in [0.15, 0.2) is 0 Å². The molecular weight excluding hydrogens is 249 g/mol. The Morgan fingerprint density at radius 3 is 1.55 bits per heavy atom. The molecule has 0 aliphatic heterocycles. The van der Waals surface area contributed by atoms with Gasteiger partial charge in [0, 0.05) is 29.6 Å². The van der Waals surface area contributed by atoms with Gasteiger partial charge in [-0.1, -0.05) is 34.8 Å². The summed E-state index contributed by atoms with van der Waals surface area (Å²) in [5, 5.41) is 8.49. The van der Waals surface area contributed by atoms with Crippen molar-refractivity contribution in [2.24, 2.45) is 0 Å². The standard InChI is InChI=1S/C2H3Cl3O4S.Na/c3-2(4,5)1(6)10(7,8)9;/h1,6H,(H,7,8,9);.